The van der Waals surface area contributed by atoms with Crippen LogP contribution in [0.25, 0.3) is 22.2 Å². The number of hydrogen-bond donors (Lipinski definition) is 1. The second-order valence-corrected chi connectivity index (χ2v) is 12.9. The van der Waals surface area contributed by atoms with Crippen LogP contribution in [0.4, 0.5) is 17.3 Å². The largest absolute Gasteiger partial charge is 0.494 e. The molecule has 4 heterocycles. The van der Waals surface area contributed by atoms with E-state index in [0.29, 0.717) is 22.7 Å². The lowest BCUT2D eigenvalue weighted by Gasteiger charge is -2.43. The van der Waals surface area contributed by atoms with E-state index in [1.165, 1.54) is 50.3 Å². The molecule has 8 nitrogen and oxygen atoms in total. The van der Waals surface area contributed by atoms with Crippen LogP contribution in [0, 0.1) is 6.92 Å². The molecule has 0 spiro atoms. The fourth-order valence-corrected chi connectivity index (χ4v) is 7.21. The maximum absolute atomic E-state index is 6.67. The molecule has 42 heavy (non-hydrogen) atoms. The van der Waals surface area contributed by atoms with Gasteiger partial charge in [0.15, 0.2) is 0 Å². The van der Waals surface area contributed by atoms with Gasteiger partial charge < -0.3 is 19.9 Å². The maximum Gasteiger partial charge on any atom is 0.227 e. The third kappa shape index (κ3) is 5.93. The van der Waals surface area contributed by atoms with Crippen molar-refractivity contribution in [3.8, 4) is 17.0 Å². The van der Waals surface area contributed by atoms with Gasteiger partial charge in [0.1, 0.15) is 5.75 Å². The lowest BCUT2D eigenvalue weighted by molar-refractivity contribution is 0.0982. The molecule has 2 aliphatic heterocycles. The number of likely N-dealkylation sites (N-methyl/N-ethyl adjacent to an activating group) is 1. The van der Waals surface area contributed by atoms with Gasteiger partial charge in [0.05, 0.1) is 35.2 Å². The van der Waals surface area contributed by atoms with Crippen molar-refractivity contribution in [3.05, 3.63) is 59.4 Å². The van der Waals surface area contributed by atoms with E-state index in [2.05, 4.69) is 86.4 Å². The molecule has 1 N–H and O–H groups in total. The summed E-state index contributed by atoms with van der Waals surface area (Å²) in [5.74, 6) is 2.21. The van der Waals surface area contributed by atoms with Gasteiger partial charge in [-0.3, -0.25) is 8.87 Å². The number of rotatable bonds is 8. The van der Waals surface area contributed by atoms with Crippen molar-refractivity contribution in [3.63, 3.8) is 0 Å². The number of aryl methyl sites for hydroxylation is 1. The minimum absolute atomic E-state index is 0.479. The first-order chi connectivity index (χ1) is 20.4. The van der Waals surface area contributed by atoms with Crippen LogP contribution in [0.3, 0.4) is 0 Å². The SMILES string of the molecule is CCSn1cc(-c2nc(Nc3cc(C)c(N4CCC(N5CCN(C)CC5)CC4)cc3OC)ncc2Cl)c2ccccc21. The molecule has 4 aromatic rings. The zero-order chi connectivity index (χ0) is 29.2. The standard InChI is InChI=1S/C32H40ClN7OS/c1-5-42-40-21-25(24-8-6-7-9-28(24)40)31-26(33)20-34-32(36-31)35-27-18-22(2)29(19-30(27)41-4)39-12-10-23(11-13-39)38-16-14-37(3)15-17-38/h6-9,18-21,23H,5,10-17H2,1-4H3,(H,34,35,36). The molecular formula is C32H40ClN7OS. The number of fused-ring (bicyclic) bond motifs is 1. The highest BCUT2D eigenvalue weighted by Crippen LogP contribution is 2.38. The van der Waals surface area contributed by atoms with E-state index in [9.17, 15) is 0 Å². The number of hydrogen-bond acceptors (Lipinski definition) is 8. The fourth-order valence-electron chi connectivity index (χ4n) is 6.26. The number of anilines is 3. The predicted octanol–water partition coefficient (Wildman–Crippen LogP) is 6.54. The number of nitrogens with one attached hydrogen (secondary N) is 1. The lowest BCUT2D eigenvalue weighted by atomic mass is 10.0. The molecule has 0 unspecified atom stereocenters. The number of nitrogens with zero attached hydrogens (tertiary/aromatic N) is 6. The van der Waals surface area contributed by atoms with Crippen molar-refractivity contribution in [2.24, 2.45) is 0 Å². The highest BCUT2D eigenvalue weighted by atomic mass is 35.5. The van der Waals surface area contributed by atoms with Gasteiger partial charge in [-0.2, -0.15) is 0 Å². The first-order valence-electron chi connectivity index (χ1n) is 14.8. The summed E-state index contributed by atoms with van der Waals surface area (Å²) >= 11 is 8.42. The number of halogens is 1. The van der Waals surface area contributed by atoms with Crippen LogP contribution in [-0.4, -0.2) is 89.0 Å². The number of para-hydroxylation sites is 1. The van der Waals surface area contributed by atoms with Gasteiger partial charge in [-0.1, -0.05) is 36.7 Å². The lowest BCUT2D eigenvalue weighted by Crippen LogP contribution is -2.52. The van der Waals surface area contributed by atoms with Gasteiger partial charge in [0, 0.05) is 80.0 Å². The molecule has 0 atom stereocenters. The number of ether oxygens (including phenoxy) is 1. The number of methoxy groups -OCH3 is 1. The second kappa shape index (κ2) is 12.7. The summed E-state index contributed by atoms with van der Waals surface area (Å²) < 4.78 is 8.06. The van der Waals surface area contributed by atoms with Crippen molar-refractivity contribution in [1.29, 1.82) is 0 Å². The Labute approximate surface area is 258 Å². The Morgan fingerprint density at radius 2 is 1.83 bits per heavy atom. The van der Waals surface area contributed by atoms with Crippen LogP contribution >= 0.6 is 23.5 Å². The Bertz CT molecular complexity index is 1540. The summed E-state index contributed by atoms with van der Waals surface area (Å²) in [5.41, 5.74) is 6.10. The average Bonchev–Trinajstić information content (AvgIpc) is 3.37. The summed E-state index contributed by atoms with van der Waals surface area (Å²) in [4.78, 5) is 17.0. The predicted molar refractivity (Wildman–Crippen MR) is 177 cm³/mol. The number of benzene rings is 2. The Balaban J connectivity index is 1.22. The maximum atomic E-state index is 6.67. The summed E-state index contributed by atoms with van der Waals surface area (Å²) in [7, 11) is 3.94. The van der Waals surface area contributed by atoms with Crippen molar-refractivity contribution in [2.75, 3.05) is 69.4 Å². The van der Waals surface area contributed by atoms with Crippen LogP contribution in [0.2, 0.25) is 5.02 Å². The smallest absolute Gasteiger partial charge is 0.227 e. The van der Waals surface area contributed by atoms with Crippen LogP contribution in [0.5, 0.6) is 5.75 Å². The molecule has 2 aliphatic rings. The van der Waals surface area contributed by atoms with E-state index in [-0.39, 0.29) is 0 Å². The molecule has 0 bridgehead atoms. The minimum Gasteiger partial charge on any atom is -0.494 e. The third-order valence-electron chi connectivity index (χ3n) is 8.57. The number of piperazine rings is 1. The molecule has 2 aromatic heterocycles. The molecule has 10 heteroatoms. The second-order valence-electron chi connectivity index (χ2n) is 11.2. The zero-order valence-corrected chi connectivity index (χ0v) is 26.5. The van der Waals surface area contributed by atoms with E-state index in [0.717, 1.165) is 46.7 Å². The molecule has 6 rings (SSSR count). The summed E-state index contributed by atoms with van der Waals surface area (Å²) in [6, 6.07) is 13.3. The van der Waals surface area contributed by atoms with E-state index in [1.807, 2.05) is 6.07 Å². The monoisotopic (exact) mass is 605 g/mol. The Morgan fingerprint density at radius 1 is 1.07 bits per heavy atom. The Hall–Kier alpha value is -2.98. The van der Waals surface area contributed by atoms with E-state index in [1.54, 1.807) is 25.3 Å². The van der Waals surface area contributed by atoms with Gasteiger partial charge in [0.25, 0.3) is 0 Å². The highest BCUT2D eigenvalue weighted by Gasteiger charge is 2.28. The van der Waals surface area contributed by atoms with Crippen LogP contribution < -0.4 is 15.0 Å². The van der Waals surface area contributed by atoms with Crippen LogP contribution in [0.1, 0.15) is 25.3 Å². The third-order valence-corrected chi connectivity index (χ3v) is 9.68. The molecule has 2 fully saturated rings. The first-order valence-corrected chi connectivity index (χ1v) is 16.2. The van der Waals surface area contributed by atoms with Gasteiger partial charge in [-0.25, -0.2) is 9.97 Å². The van der Waals surface area contributed by atoms with E-state index >= 15 is 0 Å². The van der Waals surface area contributed by atoms with Gasteiger partial charge in [-0.05, 0) is 56.5 Å². The quantitative estimate of drug-likeness (QED) is 0.243. The molecule has 0 aliphatic carbocycles. The molecule has 2 saturated heterocycles. The minimum atomic E-state index is 0.479. The van der Waals surface area contributed by atoms with Crippen LogP contribution in [0.15, 0.2) is 48.8 Å². The average molecular weight is 606 g/mol. The number of piperidine rings is 1. The summed E-state index contributed by atoms with van der Waals surface area (Å²) in [6.45, 7) is 11.1. The molecular weight excluding hydrogens is 566 g/mol. The molecule has 222 valence electrons. The Kier molecular flexibility index (Phi) is 8.81. The summed E-state index contributed by atoms with van der Waals surface area (Å²) in [6.07, 6.45) is 6.17. The van der Waals surface area contributed by atoms with Crippen molar-refractivity contribution >= 4 is 51.8 Å². The van der Waals surface area contributed by atoms with Crippen molar-refractivity contribution in [1.82, 2.24) is 23.7 Å². The number of aromatic nitrogens is 3. The van der Waals surface area contributed by atoms with E-state index < -0.39 is 0 Å². The fraction of sp³-hybridized carbons (Fsp3) is 0.438. The molecule has 0 amide bonds. The normalized spacial score (nSPS) is 17.2. The first kappa shape index (κ1) is 29.1. The van der Waals surface area contributed by atoms with Crippen LogP contribution in [-0.2, 0) is 0 Å². The van der Waals surface area contributed by atoms with Crippen molar-refractivity contribution in [2.45, 2.75) is 32.7 Å². The molecule has 0 saturated carbocycles. The molecule has 0 radical (unpaired) electrons. The van der Waals surface area contributed by atoms with E-state index in [4.69, 9.17) is 21.3 Å². The van der Waals surface area contributed by atoms with Gasteiger partial charge in [0.2, 0.25) is 5.95 Å². The summed E-state index contributed by atoms with van der Waals surface area (Å²) in [5, 5.41) is 5.05. The topological polar surface area (TPSA) is 61.7 Å². The van der Waals surface area contributed by atoms with Gasteiger partial charge >= 0.3 is 0 Å². The van der Waals surface area contributed by atoms with Crippen molar-refractivity contribution < 1.29 is 4.74 Å². The zero-order valence-electron chi connectivity index (χ0n) is 24.9. The van der Waals surface area contributed by atoms with Gasteiger partial charge in [-0.15, -0.1) is 0 Å². The molecule has 2 aromatic carbocycles. The highest BCUT2D eigenvalue weighted by molar-refractivity contribution is 7.97. The Morgan fingerprint density at radius 3 is 2.57 bits per heavy atom.